The van der Waals surface area contributed by atoms with E-state index in [9.17, 15) is 0 Å². The maximum Gasteiger partial charge on any atom is 0.231 e. The molecule has 0 amide bonds. The Morgan fingerprint density at radius 3 is 2.76 bits per heavy atom. The average molecular weight is 467 g/mol. The molecule has 0 bridgehead atoms. The number of rotatable bonds is 8. The van der Waals surface area contributed by atoms with Crippen LogP contribution in [0.25, 0.3) is 22.5 Å². The molecule has 33 heavy (non-hydrogen) atoms. The molecule has 0 saturated carbocycles. The van der Waals surface area contributed by atoms with Gasteiger partial charge in [0.25, 0.3) is 0 Å². The van der Waals surface area contributed by atoms with Gasteiger partial charge in [-0.25, -0.2) is 15.0 Å². The van der Waals surface area contributed by atoms with E-state index in [4.69, 9.17) is 24.6 Å². The van der Waals surface area contributed by atoms with Gasteiger partial charge in [-0.3, -0.25) is 0 Å². The lowest BCUT2D eigenvalue weighted by atomic mass is 10.1. The summed E-state index contributed by atoms with van der Waals surface area (Å²) in [7, 11) is 0. The second-order valence-electron chi connectivity index (χ2n) is 8.15. The number of ether oxygens (including phenoxy) is 2. The molecule has 9 nitrogen and oxygen atoms in total. The lowest BCUT2D eigenvalue weighted by molar-refractivity contribution is 0.174. The van der Waals surface area contributed by atoms with E-state index in [-0.39, 0.29) is 6.79 Å². The predicted molar refractivity (Wildman–Crippen MR) is 127 cm³/mol. The first-order valence-electron chi connectivity index (χ1n) is 10.9. The zero-order valence-electron chi connectivity index (χ0n) is 18.8. The number of aromatic nitrogens is 4. The number of anilines is 1. The number of aryl methyl sites for hydroxylation is 2. The van der Waals surface area contributed by atoms with Crippen molar-refractivity contribution in [2.45, 2.75) is 49.8 Å². The van der Waals surface area contributed by atoms with E-state index in [0.717, 1.165) is 52.3 Å². The Hall–Kier alpha value is -3.24. The molecule has 0 saturated heterocycles. The first-order valence-corrected chi connectivity index (χ1v) is 11.7. The molecule has 0 spiro atoms. The molecule has 3 N–H and O–H groups in total. The van der Waals surface area contributed by atoms with Gasteiger partial charge in [-0.15, -0.1) is 0 Å². The number of nitrogens with zero attached hydrogens (tertiary/aromatic N) is 4. The van der Waals surface area contributed by atoms with Crippen molar-refractivity contribution < 1.29 is 13.9 Å². The molecule has 1 aliphatic heterocycles. The Balaban J connectivity index is 1.55. The van der Waals surface area contributed by atoms with Gasteiger partial charge in [-0.2, -0.15) is 0 Å². The largest absolute Gasteiger partial charge is 0.461 e. The lowest BCUT2D eigenvalue weighted by Crippen LogP contribution is -2.24. The summed E-state index contributed by atoms with van der Waals surface area (Å²) >= 11 is 1.52. The summed E-state index contributed by atoms with van der Waals surface area (Å²) in [6.07, 6.45) is 2.40. The lowest BCUT2D eigenvalue weighted by Gasteiger charge is -2.12. The third kappa shape index (κ3) is 4.36. The van der Waals surface area contributed by atoms with Crippen LogP contribution in [0.1, 0.15) is 26.0 Å². The van der Waals surface area contributed by atoms with Crippen molar-refractivity contribution in [1.82, 2.24) is 24.8 Å². The van der Waals surface area contributed by atoms with Crippen molar-refractivity contribution >= 4 is 28.7 Å². The number of imidazole rings is 1. The van der Waals surface area contributed by atoms with Crippen LogP contribution in [-0.4, -0.2) is 38.9 Å². The minimum absolute atomic E-state index is 0.202. The number of hydrogen-bond donors (Lipinski definition) is 2. The van der Waals surface area contributed by atoms with Crippen molar-refractivity contribution in [2.75, 3.05) is 19.1 Å². The summed E-state index contributed by atoms with van der Waals surface area (Å²) in [6.45, 7) is 8.04. The molecule has 3 aromatic heterocycles. The number of nitrogens with one attached hydrogen (secondary N) is 1. The van der Waals surface area contributed by atoms with Crippen molar-refractivity contribution in [3.63, 3.8) is 0 Å². The summed E-state index contributed by atoms with van der Waals surface area (Å²) < 4.78 is 19.3. The second-order valence-corrected chi connectivity index (χ2v) is 9.16. The molecule has 4 aromatic rings. The van der Waals surface area contributed by atoms with Gasteiger partial charge < -0.3 is 29.5 Å². The highest BCUT2D eigenvalue weighted by atomic mass is 32.2. The van der Waals surface area contributed by atoms with E-state index in [1.165, 1.54) is 18.1 Å². The molecule has 0 aliphatic carbocycles. The van der Waals surface area contributed by atoms with Crippen LogP contribution in [0.15, 0.2) is 45.1 Å². The molecule has 5 rings (SSSR count). The molecule has 1 aliphatic rings. The molecule has 4 heterocycles. The van der Waals surface area contributed by atoms with Crippen LogP contribution in [0.4, 0.5) is 5.82 Å². The molecule has 10 heteroatoms. The first-order chi connectivity index (χ1) is 16.0. The summed E-state index contributed by atoms with van der Waals surface area (Å²) in [4.78, 5) is 14.3. The van der Waals surface area contributed by atoms with Crippen LogP contribution in [-0.2, 0) is 6.54 Å². The summed E-state index contributed by atoms with van der Waals surface area (Å²) in [6, 6.07) is 8.27. The normalized spacial score (nSPS) is 12.8. The van der Waals surface area contributed by atoms with Gasteiger partial charge in [0.15, 0.2) is 33.6 Å². The fourth-order valence-corrected chi connectivity index (χ4v) is 4.78. The minimum Gasteiger partial charge on any atom is -0.461 e. The molecule has 0 atom stereocenters. The highest BCUT2D eigenvalue weighted by Crippen LogP contribution is 2.45. The zero-order valence-corrected chi connectivity index (χ0v) is 19.6. The molecule has 1 aromatic carbocycles. The van der Waals surface area contributed by atoms with Crippen LogP contribution in [0, 0.1) is 6.92 Å². The van der Waals surface area contributed by atoms with Crippen LogP contribution in [0.2, 0.25) is 0 Å². The third-order valence-corrected chi connectivity index (χ3v) is 6.37. The van der Waals surface area contributed by atoms with Gasteiger partial charge in [0, 0.05) is 23.0 Å². The van der Waals surface area contributed by atoms with Crippen molar-refractivity contribution in [1.29, 1.82) is 0 Å². The Morgan fingerprint density at radius 2 is 2.00 bits per heavy atom. The Bertz CT molecular complexity index is 1300. The maximum atomic E-state index is 6.12. The van der Waals surface area contributed by atoms with E-state index >= 15 is 0 Å². The highest BCUT2D eigenvalue weighted by molar-refractivity contribution is 7.99. The predicted octanol–water partition coefficient (Wildman–Crippen LogP) is 4.24. The summed E-state index contributed by atoms with van der Waals surface area (Å²) in [5.41, 5.74) is 8.37. The van der Waals surface area contributed by atoms with Gasteiger partial charge in [0.05, 0.1) is 0 Å². The van der Waals surface area contributed by atoms with Gasteiger partial charge >= 0.3 is 0 Å². The number of hydrogen-bond acceptors (Lipinski definition) is 9. The Kier molecular flexibility index (Phi) is 5.86. The molecule has 0 unspecified atom stereocenters. The Morgan fingerprint density at radius 1 is 1.18 bits per heavy atom. The number of nitrogens with two attached hydrogens (primary N) is 1. The van der Waals surface area contributed by atoms with Gasteiger partial charge in [-0.05, 0) is 44.2 Å². The fraction of sp³-hybridized carbons (Fsp3) is 0.348. The number of furan rings is 1. The number of fused-ring (bicyclic) bond motifs is 2. The summed E-state index contributed by atoms with van der Waals surface area (Å²) in [5, 5.41) is 4.24. The average Bonchev–Trinajstić information content (AvgIpc) is 3.50. The van der Waals surface area contributed by atoms with Crippen molar-refractivity contribution in [3.05, 3.63) is 36.4 Å². The van der Waals surface area contributed by atoms with E-state index in [0.29, 0.717) is 28.9 Å². The van der Waals surface area contributed by atoms with E-state index in [2.05, 4.69) is 33.7 Å². The van der Waals surface area contributed by atoms with Gasteiger partial charge in [0.2, 0.25) is 6.79 Å². The smallest absolute Gasteiger partial charge is 0.231 e. The van der Waals surface area contributed by atoms with E-state index < -0.39 is 0 Å². The van der Waals surface area contributed by atoms with Gasteiger partial charge in [-0.1, -0.05) is 25.6 Å². The fourth-order valence-electron chi connectivity index (χ4n) is 3.72. The van der Waals surface area contributed by atoms with Crippen molar-refractivity contribution in [2.24, 2.45) is 0 Å². The number of benzene rings is 1. The molecular formula is C23H26N6O3S. The number of nitrogen functional groups attached to an aromatic ring is 1. The monoisotopic (exact) mass is 466 g/mol. The third-order valence-electron chi connectivity index (χ3n) is 5.32. The van der Waals surface area contributed by atoms with Crippen LogP contribution in [0.3, 0.4) is 0 Å². The zero-order chi connectivity index (χ0) is 22.9. The van der Waals surface area contributed by atoms with Crippen LogP contribution in [0.5, 0.6) is 11.5 Å². The van der Waals surface area contributed by atoms with E-state index in [1.54, 1.807) is 0 Å². The topological polar surface area (TPSA) is 113 Å². The SMILES string of the molecule is Cc1ccc(-c2cc3c(cc2Sc2nc4c(N)ncnc4n2CCCNC(C)C)OCO3)o1. The second kappa shape index (κ2) is 8.95. The van der Waals surface area contributed by atoms with Crippen LogP contribution < -0.4 is 20.5 Å². The van der Waals surface area contributed by atoms with Crippen LogP contribution >= 0.6 is 11.8 Å². The standard InChI is InChI=1S/C23H26N6O3S/c1-13(2)25-7-4-8-29-22-20(21(24)26-11-27-22)28-23(29)33-19-10-18-17(30-12-31-18)9-15(19)16-6-5-14(3)32-16/h5-6,9-11,13,25H,4,7-8,12H2,1-3H3,(H2,24,26,27). The summed E-state index contributed by atoms with van der Waals surface area (Å²) in [5.74, 6) is 3.37. The molecule has 172 valence electrons. The molecule has 0 radical (unpaired) electrons. The quantitative estimate of drug-likeness (QED) is 0.368. The first kappa shape index (κ1) is 21.6. The van der Waals surface area contributed by atoms with Crippen molar-refractivity contribution in [3.8, 4) is 22.8 Å². The maximum absolute atomic E-state index is 6.12. The van der Waals surface area contributed by atoms with Gasteiger partial charge in [0.1, 0.15) is 17.8 Å². The molecular weight excluding hydrogens is 440 g/mol. The Labute approximate surface area is 195 Å². The molecule has 0 fully saturated rings. The minimum atomic E-state index is 0.202. The highest BCUT2D eigenvalue weighted by Gasteiger charge is 2.23. The van der Waals surface area contributed by atoms with E-state index in [1.807, 2.05) is 31.2 Å².